The molecule has 0 fully saturated rings. The van der Waals surface area contributed by atoms with E-state index in [1.807, 2.05) is 23.6 Å². The third kappa shape index (κ3) is 5.70. The summed E-state index contributed by atoms with van der Waals surface area (Å²) in [5, 5.41) is 25.0. The Balaban J connectivity index is 1.61. The summed E-state index contributed by atoms with van der Waals surface area (Å²) >= 11 is 7.14. The molecule has 12 heteroatoms. The first-order valence-corrected chi connectivity index (χ1v) is 11.5. The molecule has 176 valence electrons. The second kappa shape index (κ2) is 10.9. The Morgan fingerprint density at radius 1 is 1.17 bits per heavy atom. The average molecular weight is 508 g/mol. The number of rotatable bonds is 8. The molecule has 10 nitrogen and oxygen atoms in total. The van der Waals surface area contributed by atoms with E-state index in [9.17, 15) is 14.9 Å². The van der Waals surface area contributed by atoms with Crippen LogP contribution in [0.3, 0.4) is 0 Å². The highest BCUT2D eigenvalue weighted by Gasteiger charge is 2.17. The standard InChI is InChI=1S/C23H18ClN7O3S/c1-2-30-21(15-9-11-25-12-10-15)27-29-23(30)35-20-8-7-19(31(33)34)13-17(20)14-26-28-22(32)16-3-5-18(24)6-4-16/h3-14H,2H2,1H3,(H,28,32)/b26-14-. The molecule has 2 aromatic carbocycles. The van der Waals surface area contributed by atoms with Crippen molar-refractivity contribution in [1.29, 1.82) is 0 Å². The molecule has 0 aliphatic rings. The zero-order chi connectivity index (χ0) is 24.8. The van der Waals surface area contributed by atoms with E-state index in [0.29, 0.717) is 38.6 Å². The molecule has 0 aliphatic carbocycles. The van der Waals surface area contributed by atoms with Gasteiger partial charge in [-0.05, 0) is 61.2 Å². The van der Waals surface area contributed by atoms with Gasteiger partial charge in [-0.1, -0.05) is 11.6 Å². The highest BCUT2D eigenvalue weighted by molar-refractivity contribution is 7.99. The molecule has 0 atom stereocenters. The smallest absolute Gasteiger partial charge is 0.271 e. The number of pyridine rings is 1. The maximum absolute atomic E-state index is 12.3. The van der Waals surface area contributed by atoms with Crippen molar-refractivity contribution in [2.24, 2.45) is 5.10 Å². The summed E-state index contributed by atoms with van der Waals surface area (Å²) in [5.41, 5.74) is 4.01. The van der Waals surface area contributed by atoms with Gasteiger partial charge < -0.3 is 4.57 Å². The normalized spacial score (nSPS) is 11.0. The number of aromatic nitrogens is 4. The van der Waals surface area contributed by atoms with Crippen molar-refractivity contribution >= 4 is 41.2 Å². The van der Waals surface area contributed by atoms with Gasteiger partial charge >= 0.3 is 0 Å². The average Bonchev–Trinajstić information content (AvgIpc) is 3.28. The Morgan fingerprint density at radius 3 is 2.60 bits per heavy atom. The minimum atomic E-state index is -0.492. The first-order valence-electron chi connectivity index (χ1n) is 10.3. The molecule has 2 aromatic heterocycles. The molecule has 0 bridgehead atoms. The molecule has 0 unspecified atom stereocenters. The van der Waals surface area contributed by atoms with Crippen LogP contribution in [-0.2, 0) is 6.54 Å². The first kappa shape index (κ1) is 24.0. The zero-order valence-electron chi connectivity index (χ0n) is 18.3. The van der Waals surface area contributed by atoms with Gasteiger partial charge in [-0.2, -0.15) is 5.10 Å². The lowest BCUT2D eigenvalue weighted by Crippen LogP contribution is -2.17. The number of nitro groups is 1. The number of nitrogens with zero attached hydrogens (tertiary/aromatic N) is 6. The molecule has 4 rings (SSSR count). The molecule has 0 saturated carbocycles. The summed E-state index contributed by atoms with van der Waals surface area (Å²) in [7, 11) is 0. The summed E-state index contributed by atoms with van der Waals surface area (Å²) in [6.45, 7) is 2.59. The van der Waals surface area contributed by atoms with Gasteiger partial charge in [0.1, 0.15) is 0 Å². The van der Waals surface area contributed by atoms with Crippen LogP contribution in [0.5, 0.6) is 0 Å². The van der Waals surface area contributed by atoms with Gasteiger partial charge in [0, 0.05) is 57.7 Å². The van der Waals surface area contributed by atoms with Gasteiger partial charge in [0.25, 0.3) is 11.6 Å². The van der Waals surface area contributed by atoms with Crippen LogP contribution in [0, 0.1) is 10.1 Å². The van der Waals surface area contributed by atoms with Crippen LogP contribution in [-0.4, -0.2) is 36.8 Å². The number of hydrogen-bond donors (Lipinski definition) is 1. The number of amides is 1. The maximum Gasteiger partial charge on any atom is 0.271 e. The van der Waals surface area contributed by atoms with Crippen LogP contribution in [0.15, 0.2) is 82.1 Å². The lowest BCUT2D eigenvalue weighted by atomic mass is 10.2. The van der Waals surface area contributed by atoms with E-state index in [1.54, 1.807) is 42.7 Å². The van der Waals surface area contributed by atoms with Crippen LogP contribution in [0.25, 0.3) is 11.4 Å². The van der Waals surface area contributed by atoms with Crippen LogP contribution in [0.2, 0.25) is 5.02 Å². The Labute approximate surface area is 209 Å². The SMILES string of the molecule is CCn1c(Sc2ccc([N+](=O)[O-])cc2/C=N\NC(=O)c2ccc(Cl)cc2)nnc1-c1ccncc1. The minimum absolute atomic E-state index is 0.103. The van der Waals surface area contributed by atoms with E-state index in [-0.39, 0.29) is 5.69 Å². The molecule has 0 radical (unpaired) electrons. The van der Waals surface area contributed by atoms with Gasteiger partial charge in [-0.15, -0.1) is 10.2 Å². The van der Waals surface area contributed by atoms with E-state index in [1.165, 1.54) is 30.1 Å². The third-order valence-corrected chi connectivity index (χ3v) is 6.18. The molecule has 1 amide bonds. The lowest BCUT2D eigenvalue weighted by Gasteiger charge is -2.09. The number of nitro benzene ring substituents is 1. The van der Waals surface area contributed by atoms with Crippen molar-refractivity contribution in [1.82, 2.24) is 25.2 Å². The molecule has 2 heterocycles. The summed E-state index contributed by atoms with van der Waals surface area (Å²) in [6, 6.07) is 14.4. The fourth-order valence-electron chi connectivity index (χ4n) is 3.13. The summed E-state index contributed by atoms with van der Waals surface area (Å²) in [4.78, 5) is 27.8. The number of hydrogen-bond acceptors (Lipinski definition) is 8. The minimum Gasteiger partial charge on any atom is -0.302 e. The number of carbonyl (C=O) groups excluding carboxylic acids is 1. The zero-order valence-corrected chi connectivity index (χ0v) is 19.9. The van der Waals surface area contributed by atoms with Crippen molar-refractivity contribution in [2.75, 3.05) is 0 Å². The monoisotopic (exact) mass is 507 g/mol. The number of hydrazone groups is 1. The second-order valence-corrected chi connectivity index (χ2v) is 8.52. The molecule has 35 heavy (non-hydrogen) atoms. The molecule has 0 aliphatic heterocycles. The van der Waals surface area contributed by atoms with E-state index < -0.39 is 10.8 Å². The van der Waals surface area contributed by atoms with Crippen molar-refractivity contribution in [3.8, 4) is 11.4 Å². The quantitative estimate of drug-likeness (QED) is 0.205. The van der Waals surface area contributed by atoms with Gasteiger partial charge in [0.15, 0.2) is 11.0 Å². The number of non-ortho nitro benzene ring substituents is 1. The van der Waals surface area contributed by atoms with Crippen molar-refractivity contribution in [3.05, 3.63) is 93.3 Å². The van der Waals surface area contributed by atoms with E-state index in [4.69, 9.17) is 11.6 Å². The van der Waals surface area contributed by atoms with Crippen LogP contribution in [0.1, 0.15) is 22.8 Å². The largest absolute Gasteiger partial charge is 0.302 e. The predicted octanol–water partition coefficient (Wildman–Crippen LogP) is 4.84. The summed E-state index contributed by atoms with van der Waals surface area (Å²) in [5.74, 6) is 0.245. The van der Waals surface area contributed by atoms with Crippen LogP contribution >= 0.6 is 23.4 Å². The highest BCUT2D eigenvalue weighted by Crippen LogP contribution is 2.33. The predicted molar refractivity (Wildman–Crippen MR) is 133 cm³/mol. The van der Waals surface area contributed by atoms with Crippen LogP contribution in [0.4, 0.5) is 5.69 Å². The van der Waals surface area contributed by atoms with Gasteiger partial charge in [-0.25, -0.2) is 5.43 Å². The lowest BCUT2D eigenvalue weighted by molar-refractivity contribution is -0.384. The van der Waals surface area contributed by atoms with Crippen molar-refractivity contribution in [2.45, 2.75) is 23.5 Å². The number of carbonyl (C=O) groups is 1. The molecule has 1 N–H and O–H groups in total. The fraction of sp³-hybridized carbons (Fsp3) is 0.0870. The van der Waals surface area contributed by atoms with Crippen molar-refractivity contribution in [3.63, 3.8) is 0 Å². The van der Waals surface area contributed by atoms with E-state index >= 15 is 0 Å². The highest BCUT2D eigenvalue weighted by atomic mass is 35.5. The fourth-order valence-corrected chi connectivity index (χ4v) is 4.23. The summed E-state index contributed by atoms with van der Waals surface area (Å²) in [6.07, 6.45) is 4.72. The van der Waals surface area contributed by atoms with Crippen LogP contribution < -0.4 is 5.43 Å². The first-order chi connectivity index (χ1) is 17.0. The third-order valence-electron chi connectivity index (χ3n) is 4.85. The second-order valence-electron chi connectivity index (χ2n) is 7.07. The number of halogens is 1. The molecule has 0 spiro atoms. The topological polar surface area (TPSA) is 128 Å². The molecule has 4 aromatic rings. The van der Waals surface area contributed by atoms with Crippen molar-refractivity contribution < 1.29 is 9.72 Å². The molecule has 0 saturated heterocycles. The summed E-state index contributed by atoms with van der Waals surface area (Å²) < 4.78 is 1.94. The van der Waals surface area contributed by atoms with Gasteiger partial charge in [0.05, 0.1) is 11.1 Å². The Bertz CT molecular complexity index is 1390. The van der Waals surface area contributed by atoms with Gasteiger partial charge in [0.2, 0.25) is 0 Å². The Morgan fingerprint density at radius 2 is 1.91 bits per heavy atom. The number of benzene rings is 2. The van der Waals surface area contributed by atoms with Gasteiger partial charge in [-0.3, -0.25) is 19.9 Å². The van der Waals surface area contributed by atoms with E-state index in [0.717, 1.165) is 5.56 Å². The molecular weight excluding hydrogens is 490 g/mol. The Kier molecular flexibility index (Phi) is 7.48. The van der Waals surface area contributed by atoms with E-state index in [2.05, 4.69) is 25.7 Å². The maximum atomic E-state index is 12.3. The molecular formula is C23H18ClN7O3S. The Hall–Kier alpha value is -4.09. The number of nitrogens with one attached hydrogen (secondary N) is 1.